The Morgan fingerprint density at radius 2 is 2.21 bits per heavy atom. The van der Waals surface area contributed by atoms with Gasteiger partial charge in [0.25, 0.3) is 11.8 Å². The van der Waals surface area contributed by atoms with E-state index in [9.17, 15) is 9.59 Å². The van der Waals surface area contributed by atoms with Crippen molar-refractivity contribution in [3.05, 3.63) is 51.2 Å². The Balaban J connectivity index is 1.88. The molecule has 1 aromatic carbocycles. The third kappa shape index (κ3) is 2.06. The molecular formula is C17H15ClN2O2S2. The second-order valence-electron chi connectivity index (χ2n) is 5.64. The first kappa shape index (κ1) is 16.0. The van der Waals surface area contributed by atoms with Gasteiger partial charge in [-0.1, -0.05) is 17.7 Å². The fourth-order valence-electron chi connectivity index (χ4n) is 3.43. The number of fused-ring (bicyclic) bond motifs is 2. The third-order valence-electron chi connectivity index (χ3n) is 4.45. The molecule has 0 aliphatic carbocycles. The van der Waals surface area contributed by atoms with Crippen LogP contribution in [0.4, 0.5) is 5.69 Å². The molecule has 3 heterocycles. The first-order valence-electron chi connectivity index (χ1n) is 7.71. The van der Waals surface area contributed by atoms with Crippen LogP contribution in [-0.4, -0.2) is 35.6 Å². The van der Waals surface area contributed by atoms with Gasteiger partial charge in [-0.05, 0) is 36.6 Å². The van der Waals surface area contributed by atoms with Crippen molar-refractivity contribution >= 4 is 52.2 Å². The fourth-order valence-corrected chi connectivity index (χ4v) is 5.73. The highest BCUT2D eigenvalue weighted by Gasteiger charge is 2.59. The topological polar surface area (TPSA) is 40.6 Å². The minimum atomic E-state index is -0.989. The van der Waals surface area contributed by atoms with Gasteiger partial charge in [0, 0.05) is 29.4 Å². The Hall–Kier alpha value is -1.50. The molecular weight excluding hydrogens is 364 g/mol. The van der Waals surface area contributed by atoms with Crippen molar-refractivity contribution in [2.24, 2.45) is 0 Å². The Labute approximate surface area is 153 Å². The number of hydrogen-bond donors (Lipinski definition) is 0. The summed E-state index contributed by atoms with van der Waals surface area (Å²) in [4.78, 5) is 29.4. The van der Waals surface area contributed by atoms with Crippen LogP contribution in [0.2, 0.25) is 5.02 Å². The number of carbonyl (C=O) groups excluding carboxylic acids is 2. The van der Waals surface area contributed by atoms with Crippen molar-refractivity contribution in [3.63, 3.8) is 0 Å². The van der Waals surface area contributed by atoms with E-state index in [1.165, 1.54) is 23.1 Å². The average Bonchev–Trinajstić information content (AvgIpc) is 3.29. The number of anilines is 1. The maximum Gasteiger partial charge on any atom is 0.268 e. The van der Waals surface area contributed by atoms with E-state index in [0.29, 0.717) is 23.0 Å². The predicted molar refractivity (Wildman–Crippen MR) is 99.0 cm³/mol. The number of nitrogens with zero attached hydrogens (tertiary/aromatic N) is 2. The van der Waals surface area contributed by atoms with Crippen LogP contribution in [0.15, 0.2) is 35.7 Å². The summed E-state index contributed by atoms with van der Waals surface area (Å²) >= 11 is 9.14. The second kappa shape index (κ2) is 5.79. The van der Waals surface area contributed by atoms with E-state index in [2.05, 4.69) is 0 Å². The maximum atomic E-state index is 13.3. The molecule has 1 spiro atoms. The number of benzene rings is 1. The summed E-state index contributed by atoms with van der Waals surface area (Å²) in [6, 6.07) is 9.16. The van der Waals surface area contributed by atoms with E-state index in [1.54, 1.807) is 21.9 Å². The van der Waals surface area contributed by atoms with Crippen LogP contribution in [0.3, 0.4) is 0 Å². The highest BCUT2D eigenvalue weighted by molar-refractivity contribution is 8.01. The van der Waals surface area contributed by atoms with E-state index >= 15 is 0 Å². The zero-order valence-corrected chi connectivity index (χ0v) is 15.4. The lowest BCUT2D eigenvalue weighted by Crippen LogP contribution is -2.50. The fraction of sp³-hybridized carbons (Fsp3) is 0.294. The molecule has 124 valence electrons. The summed E-state index contributed by atoms with van der Waals surface area (Å²) in [6.07, 6.45) is 0. The Kier molecular flexibility index (Phi) is 3.86. The Morgan fingerprint density at radius 3 is 2.92 bits per heavy atom. The van der Waals surface area contributed by atoms with E-state index in [-0.39, 0.29) is 11.8 Å². The number of hydrogen-bond acceptors (Lipinski definition) is 4. The van der Waals surface area contributed by atoms with Crippen LogP contribution in [0.1, 0.15) is 22.2 Å². The monoisotopic (exact) mass is 378 g/mol. The highest BCUT2D eigenvalue weighted by Crippen LogP contribution is 2.54. The smallest absolute Gasteiger partial charge is 0.268 e. The van der Waals surface area contributed by atoms with E-state index in [4.69, 9.17) is 11.6 Å². The zero-order chi connectivity index (χ0) is 16.9. The minimum Gasteiger partial charge on any atom is -0.310 e. The average molecular weight is 379 g/mol. The standard InChI is InChI=1S/C17H15ClN2O2S2/c1-2-19-13-6-5-11(18)10-12(13)17(16(19)22)20(7-9-24-17)15(21)14-4-3-8-23-14/h3-6,8,10H,2,7,9H2,1H3. The minimum absolute atomic E-state index is 0.0466. The number of rotatable bonds is 2. The third-order valence-corrected chi connectivity index (χ3v) is 6.96. The predicted octanol–water partition coefficient (Wildman–Crippen LogP) is 3.81. The number of halogens is 1. The van der Waals surface area contributed by atoms with Crippen LogP contribution in [0.25, 0.3) is 0 Å². The lowest BCUT2D eigenvalue weighted by atomic mass is 10.1. The van der Waals surface area contributed by atoms with Crippen molar-refractivity contribution in [1.82, 2.24) is 4.90 Å². The lowest BCUT2D eigenvalue weighted by molar-refractivity contribution is -0.123. The van der Waals surface area contributed by atoms with Gasteiger partial charge >= 0.3 is 0 Å². The summed E-state index contributed by atoms with van der Waals surface area (Å²) in [5, 5.41) is 2.46. The molecule has 24 heavy (non-hydrogen) atoms. The largest absolute Gasteiger partial charge is 0.310 e. The van der Waals surface area contributed by atoms with Crippen LogP contribution in [0, 0.1) is 0 Å². The maximum absolute atomic E-state index is 13.3. The molecule has 4 rings (SSSR count). The first-order valence-corrected chi connectivity index (χ1v) is 9.95. The van der Waals surface area contributed by atoms with E-state index in [1.807, 2.05) is 30.5 Å². The van der Waals surface area contributed by atoms with Crippen molar-refractivity contribution in [3.8, 4) is 0 Å². The molecule has 2 amide bonds. The number of amides is 2. The summed E-state index contributed by atoms with van der Waals surface area (Å²) in [5.41, 5.74) is 1.68. The first-order chi connectivity index (χ1) is 11.6. The lowest BCUT2D eigenvalue weighted by Gasteiger charge is -2.32. The molecule has 1 saturated heterocycles. The molecule has 4 nitrogen and oxygen atoms in total. The molecule has 1 aromatic heterocycles. The van der Waals surface area contributed by atoms with Crippen molar-refractivity contribution < 1.29 is 9.59 Å². The molecule has 0 radical (unpaired) electrons. The molecule has 0 N–H and O–H groups in total. The highest BCUT2D eigenvalue weighted by atomic mass is 35.5. The molecule has 1 unspecified atom stereocenters. The summed E-state index contributed by atoms with van der Waals surface area (Å²) in [6.45, 7) is 3.06. The number of thiophene rings is 1. The van der Waals surface area contributed by atoms with Crippen LogP contribution < -0.4 is 4.90 Å². The number of thioether (sulfide) groups is 1. The molecule has 2 aliphatic heterocycles. The van der Waals surface area contributed by atoms with Crippen molar-refractivity contribution in [2.45, 2.75) is 11.8 Å². The van der Waals surface area contributed by atoms with Gasteiger partial charge in [-0.25, -0.2) is 0 Å². The van der Waals surface area contributed by atoms with Gasteiger partial charge in [0.2, 0.25) is 0 Å². The molecule has 0 bridgehead atoms. The molecule has 1 fully saturated rings. The second-order valence-corrected chi connectivity index (χ2v) is 8.31. The quantitative estimate of drug-likeness (QED) is 0.797. The summed E-state index contributed by atoms with van der Waals surface area (Å²) in [7, 11) is 0. The molecule has 7 heteroatoms. The van der Waals surface area contributed by atoms with E-state index in [0.717, 1.165) is 17.0 Å². The Morgan fingerprint density at radius 1 is 1.38 bits per heavy atom. The van der Waals surface area contributed by atoms with Crippen LogP contribution in [0.5, 0.6) is 0 Å². The molecule has 2 aromatic rings. The van der Waals surface area contributed by atoms with Gasteiger partial charge in [0.15, 0.2) is 4.87 Å². The zero-order valence-electron chi connectivity index (χ0n) is 13.0. The molecule has 2 aliphatic rings. The van der Waals surface area contributed by atoms with Gasteiger partial charge in [-0.3, -0.25) is 9.59 Å². The van der Waals surface area contributed by atoms with Crippen LogP contribution >= 0.6 is 34.7 Å². The van der Waals surface area contributed by atoms with Gasteiger partial charge < -0.3 is 9.80 Å². The number of carbonyl (C=O) groups is 2. The van der Waals surface area contributed by atoms with E-state index < -0.39 is 4.87 Å². The molecule has 1 atom stereocenters. The SMILES string of the molecule is CCN1C(=O)C2(SCCN2C(=O)c2cccs2)c2cc(Cl)ccc21. The van der Waals surface area contributed by atoms with Crippen molar-refractivity contribution in [1.29, 1.82) is 0 Å². The summed E-state index contributed by atoms with van der Waals surface area (Å²) in [5.74, 6) is 0.591. The van der Waals surface area contributed by atoms with Gasteiger partial charge in [0.05, 0.1) is 10.6 Å². The van der Waals surface area contributed by atoms with Crippen LogP contribution in [-0.2, 0) is 9.67 Å². The van der Waals surface area contributed by atoms with Gasteiger partial charge in [-0.2, -0.15) is 0 Å². The van der Waals surface area contributed by atoms with Gasteiger partial charge in [0.1, 0.15) is 0 Å². The van der Waals surface area contributed by atoms with Gasteiger partial charge in [-0.15, -0.1) is 23.1 Å². The van der Waals surface area contributed by atoms with Crippen molar-refractivity contribution in [2.75, 3.05) is 23.7 Å². The Bertz CT molecular complexity index is 824. The summed E-state index contributed by atoms with van der Waals surface area (Å²) < 4.78 is 0. The normalized spacial score (nSPS) is 22.5. The molecule has 0 saturated carbocycles. The number of likely N-dealkylation sites (N-methyl/N-ethyl adjacent to an activating group) is 1.